The van der Waals surface area contributed by atoms with Gasteiger partial charge in [0.25, 0.3) is 0 Å². The van der Waals surface area contributed by atoms with Crippen molar-refractivity contribution in [3.05, 3.63) is 70.8 Å². The Hall–Kier alpha value is -2.29. The molecule has 1 unspecified atom stereocenters. The summed E-state index contributed by atoms with van der Waals surface area (Å²) in [6, 6.07) is 16.6. The number of hydrogen-bond donors (Lipinski definition) is 1. The van der Waals surface area contributed by atoms with Crippen LogP contribution in [0, 0.1) is 6.92 Å². The number of rotatable bonds is 2. The first-order valence-corrected chi connectivity index (χ1v) is 7.83. The largest absolute Gasteiger partial charge is 0.331 e. The molecular weight excluding hydrogens is 272 g/mol. The van der Waals surface area contributed by atoms with Crippen molar-refractivity contribution in [1.29, 1.82) is 0 Å². The number of fused-ring (bicyclic) bond motifs is 1. The quantitative estimate of drug-likeness (QED) is 0.897. The minimum atomic E-state index is 0.0188. The van der Waals surface area contributed by atoms with Crippen LogP contribution in [-0.2, 0) is 13.0 Å². The van der Waals surface area contributed by atoms with Crippen LogP contribution in [-0.4, -0.2) is 17.5 Å². The highest BCUT2D eigenvalue weighted by Gasteiger charge is 2.21. The van der Waals surface area contributed by atoms with Gasteiger partial charge in [0.15, 0.2) is 0 Å². The molecule has 2 amide bonds. The molecule has 1 aliphatic rings. The van der Waals surface area contributed by atoms with E-state index in [-0.39, 0.29) is 12.1 Å². The number of carbonyl (C=O) groups excluding carboxylic acids is 1. The van der Waals surface area contributed by atoms with Gasteiger partial charge < -0.3 is 10.2 Å². The van der Waals surface area contributed by atoms with Crippen molar-refractivity contribution >= 4 is 6.03 Å². The van der Waals surface area contributed by atoms with Gasteiger partial charge in [-0.05, 0) is 42.5 Å². The molecule has 1 aliphatic heterocycles. The molecule has 1 N–H and O–H groups in total. The van der Waals surface area contributed by atoms with Gasteiger partial charge in [0.05, 0.1) is 6.04 Å². The lowest BCUT2D eigenvalue weighted by molar-refractivity contribution is 0.189. The fourth-order valence-corrected chi connectivity index (χ4v) is 3.10. The van der Waals surface area contributed by atoms with Crippen LogP contribution < -0.4 is 5.32 Å². The number of carbonyl (C=O) groups is 1. The van der Waals surface area contributed by atoms with E-state index in [9.17, 15) is 4.79 Å². The van der Waals surface area contributed by atoms with Crippen molar-refractivity contribution in [2.75, 3.05) is 6.54 Å². The van der Waals surface area contributed by atoms with Crippen LogP contribution in [0.5, 0.6) is 0 Å². The third-order valence-corrected chi connectivity index (χ3v) is 4.41. The SMILES string of the molecule is Cc1ccccc1C(C)NC(=O)N1CCc2ccccc2C1. The first kappa shape index (κ1) is 14.6. The van der Waals surface area contributed by atoms with Gasteiger partial charge in [0, 0.05) is 13.1 Å². The topological polar surface area (TPSA) is 32.3 Å². The summed E-state index contributed by atoms with van der Waals surface area (Å²) in [5, 5.41) is 3.12. The Morgan fingerprint density at radius 2 is 1.77 bits per heavy atom. The van der Waals surface area contributed by atoms with Crippen molar-refractivity contribution in [3.8, 4) is 0 Å². The Kier molecular flexibility index (Phi) is 4.14. The molecule has 1 heterocycles. The van der Waals surface area contributed by atoms with Crippen LogP contribution >= 0.6 is 0 Å². The Morgan fingerprint density at radius 1 is 1.09 bits per heavy atom. The predicted octanol–water partition coefficient (Wildman–Crippen LogP) is 3.82. The number of hydrogen-bond acceptors (Lipinski definition) is 1. The first-order chi connectivity index (χ1) is 10.6. The number of benzene rings is 2. The van der Waals surface area contributed by atoms with Gasteiger partial charge in [-0.25, -0.2) is 4.79 Å². The van der Waals surface area contributed by atoms with Crippen LogP contribution in [0.3, 0.4) is 0 Å². The maximum Gasteiger partial charge on any atom is 0.318 e. The van der Waals surface area contributed by atoms with Gasteiger partial charge in [-0.1, -0.05) is 48.5 Å². The van der Waals surface area contributed by atoms with Crippen LogP contribution in [0.1, 0.15) is 35.2 Å². The first-order valence-electron chi connectivity index (χ1n) is 7.83. The Labute approximate surface area is 132 Å². The minimum absolute atomic E-state index is 0.0188. The van der Waals surface area contributed by atoms with E-state index in [1.165, 1.54) is 22.3 Å². The second kappa shape index (κ2) is 6.22. The maximum atomic E-state index is 12.5. The average Bonchev–Trinajstić information content (AvgIpc) is 2.54. The molecule has 2 aromatic carbocycles. The third kappa shape index (κ3) is 2.98. The van der Waals surface area contributed by atoms with Crippen molar-refractivity contribution in [2.45, 2.75) is 32.9 Å². The molecule has 0 spiro atoms. The summed E-state index contributed by atoms with van der Waals surface area (Å²) < 4.78 is 0. The lowest BCUT2D eigenvalue weighted by Crippen LogP contribution is -2.43. The highest BCUT2D eigenvalue weighted by molar-refractivity contribution is 5.75. The van der Waals surface area contributed by atoms with Gasteiger partial charge in [0.1, 0.15) is 0 Å². The molecule has 0 saturated heterocycles. The van der Waals surface area contributed by atoms with E-state index in [0.29, 0.717) is 6.54 Å². The fourth-order valence-electron chi connectivity index (χ4n) is 3.10. The van der Waals surface area contributed by atoms with Gasteiger partial charge in [-0.15, -0.1) is 0 Å². The second-order valence-electron chi connectivity index (χ2n) is 5.97. The van der Waals surface area contributed by atoms with Crippen molar-refractivity contribution in [2.24, 2.45) is 0 Å². The lowest BCUT2D eigenvalue weighted by Gasteiger charge is -2.30. The number of nitrogens with one attached hydrogen (secondary N) is 1. The second-order valence-corrected chi connectivity index (χ2v) is 5.97. The fraction of sp³-hybridized carbons (Fsp3) is 0.316. The van der Waals surface area contributed by atoms with E-state index in [4.69, 9.17) is 0 Å². The van der Waals surface area contributed by atoms with Gasteiger partial charge in [0.2, 0.25) is 0 Å². The molecule has 114 valence electrons. The smallest absolute Gasteiger partial charge is 0.318 e. The third-order valence-electron chi connectivity index (χ3n) is 4.41. The average molecular weight is 294 g/mol. The van der Waals surface area contributed by atoms with Crippen LogP contribution in [0.25, 0.3) is 0 Å². The Bertz CT molecular complexity index is 681. The molecule has 1 atom stereocenters. The summed E-state index contributed by atoms with van der Waals surface area (Å²) in [5.74, 6) is 0. The highest BCUT2D eigenvalue weighted by Crippen LogP contribution is 2.20. The molecule has 3 rings (SSSR count). The number of nitrogens with zero attached hydrogens (tertiary/aromatic N) is 1. The molecular formula is C19H22N2O. The van der Waals surface area contributed by atoms with Crippen LogP contribution in [0.2, 0.25) is 0 Å². The summed E-state index contributed by atoms with van der Waals surface area (Å²) in [5.41, 5.74) is 5.00. The number of amides is 2. The molecule has 0 aliphatic carbocycles. The summed E-state index contributed by atoms with van der Waals surface area (Å²) in [4.78, 5) is 14.4. The van der Waals surface area contributed by atoms with Crippen molar-refractivity contribution < 1.29 is 4.79 Å². The monoisotopic (exact) mass is 294 g/mol. The lowest BCUT2D eigenvalue weighted by atomic mass is 10.00. The van der Waals surface area contributed by atoms with E-state index in [0.717, 1.165) is 13.0 Å². The van der Waals surface area contributed by atoms with E-state index in [1.54, 1.807) is 0 Å². The van der Waals surface area contributed by atoms with E-state index < -0.39 is 0 Å². The zero-order chi connectivity index (χ0) is 15.5. The summed E-state index contributed by atoms with van der Waals surface area (Å²) >= 11 is 0. The molecule has 2 aromatic rings. The Morgan fingerprint density at radius 3 is 2.55 bits per heavy atom. The zero-order valence-corrected chi connectivity index (χ0v) is 13.2. The van der Waals surface area contributed by atoms with E-state index >= 15 is 0 Å². The summed E-state index contributed by atoms with van der Waals surface area (Å²) in [6.45, 7) is 5.60. The molecule has 3 heteroatoms. The van der Waals surface area contributed by atoms with Crippen molar-refractivity contribution in [1.82, 2.24) is 10.2 Å². The minimum Gasteiger partial charge on any atom is -0.331 e. The molecule has 22 heavy (non-hydrogen) atoms. The zero-order valence-electron chi connectivity index (χ0n) is 13.2. The van der Waals surface area contributed by atoms with Gasteiger partial charge in [-0.3, -0.25) is 0 Å². The van der Waals surface area contributed by atoms with E-state index in [2.05, 4.69) is 42.6 Å². The summed E-state index contributed by atoms with van der Waals surface area (Å²) in [6.07, 6.45) is 0.933. The maximum absolute atomic E-state index is 12.5. The van der Waals surface area contributed by atoms with Crippen molar-refractivity contribution in [3.63, 3.8) is 0 Å². The molecule has 3 nitrogen and oxygen atoms in total. The highest BCUT2D eigenvalue weighted by atomic mass is 16.2. The van der Waals surface area contributed by atoms with Crippen LogP contribution in [0.4, 0.5) is 4.79 Å². The standard InChI is InChI=1S/C19H22N2O/c1-14-7-3-6-10-18(14)15(2)20-19(22)21-12-11-16-8-4-5-9-17(16)13-21/h3-10,15H,11-13H2,1-2H3,(H,20,22). The normalized spacial score (nSPS) is 15.1. The van der Waals surface area contributed by atoms with E-state index in [1.807, 2.05) is 30.0 Å². The summed E-state index contributed by atoms with van der Waals surface area (Å²) in [7, 11) is 0. The van der Waals surface area contributed by atoms with Gasteiger partial charge >= 0.3 is 6.03 Å². The molecule has 0 bridgehead atoms. The number of urea groups is 1. The molecule has 0 aromatic heterocycles. The molecule has 0 fully saturated rings. The van der Waals surface area contributed by atoms with Gasteiger partial charge in [-0.2, -0.15) is 0 Å². The molecule has 0 radical (unpaired) electrons. The Balaban J connectivity index is 1.67. The number of aryl methyl sites for hydroxylation is 1. The predicted molar refractivity (Wildman–Crippen MR) is 88.7 cm³/mol. The molecule has 0 saturated carbocycles. The van der Waals surface area contributed by atoms with Crippen LogP contribution in [0.15, 0.2) is 48.5 Å².